The summed E-state index contributed by atoms with van der Waals surface area (Å²) >= 11 is 0. The molecule has 0 spiro atoms. The van der Waals surface area contributed by atoms with Crippen molar-refractivity contribution in [2.75, 3.05) is 7.11 Å². The zero-order chi connectivity index (χ0) is 18.1. The van der Waals surface area contributed by atoms with Crippen LogP contribution in [0, 0.1) is 6.92 Å². The van der Waals surface area contributed by atoms with Gasteiger partial charge in [0.15, 0.2) is 5.65 Å². The van der Waals surface area contributed by atoms with Gasteiger partial charge in [0.1, 0.15) is 5.75 Å². The number of rotatable bonds is 4. The van der Waals surface area contributed by atoms with Crippen molar-refractivity contribution < 1.29 is 4.74 Å². The van der Waals surface area contributed by atoms with Crippen LogP contribution in [0.1, 0.15) is 17.0 Å². The predicted molar refractivity (Wildman–Crippen MR) is 102 cm³/mol. The van der Waals surface area contributed by atoms with Gasteiger partial charge >= 0.3 is 0 Å². The molecule has 5 nitrogen and oxygen atoms in total. The molecule has 0 aliphatic heterocycles. The van der Waals surface area contributed by atoms with Crippen LogP contribution in [0.15, 0.2) is 65.5 Å². The standard InChI is InChI=1S/C21H19N3O2/c1-14-20(16-8-10-18(26-2)11-9-16)21-22-17(13-19(25)24(21)23-14)12-15-6-4-3-5-7-15/h3-11,13,23H,12H2,1-2H3. The zero-order valence-electron chi connectivity index (χ0n) is 14.7. The maximum atomic E-state index is 12.6. The van der Waals surface area contributed by atoms with Crippen LogP contribution in [-0.4, -0.2) is 21.7 Å². The highest BCUT2D eigenvalue weighted by Gasteiger charge is 2.15. The lowest BCUT2D eigenvalue weighted by Crippen LogP contribution is -2.15. The molecule has 0 unspecified atom stereocenters. The lowest BCUT2D eigenvalue weighted by molar-refractivity contribution is 0.415. The van der Waals surface area contributed by atoms with E-state index in [2.05, 4.69) is 5.10 Å². The van der Waals surface area contributed by atoms with Crippen molar-refractivity contribution in [2.24, 2.45) is 0 Å². The molecule has 0 saturated heterocycles. The number of aromatic nitrogens is 3. The third kappa shape index (κ3) is 2.88. The lowest BCUT2D eigenvalue weighted by atomic mass is 10.1. The van der Waals surface area contributed by atoms with E-state index in [1.165, 1.54) is 4.52 Å². The minimum Gasteiger partial charge on any atom is -0.497 e. The number of nitrogens with one attached hydrogen (secondary N) is 1. The van der Waals surface area contributed by atoms with Gasteiger partial charge in [-0.25, -0.2) is 9.50 Å². The van der Waals surface area contributed by atoms with Crippen LogP contribution < -0.4 is 10.3 Å². The van der Waals surface area contributed by atoms with Crippen molar-refractivity contribution in [2.45, 2.75) is 13.3 Å². The molecule has 1 N–H and O–H groups in total. The molecule has 0 atom stereocenters. The van der Waals surface area contributed by atoms with Crippen molar-refractivity contribution in [3.8, 4) is 16.9 Å². The Hall–Kier alpha value is -3.34. The van der Waals surface area contributed by atoms with E-state index < -0.39 is 0 Å². The predicted octanol–water partition coefficient (Wildman–Crippen LogP) is 3.60. The number of hydrogen-bond acceptors (Lipinski definition) is 3. The van der Waals surface area contributed by atoms with E-state index in [1.807, 2.05) is 61.5 Å². The smallest absolute Gasteiger partial charge is 0.272 e. The number of methoxy groups -OCH3 is 1. The van der Waals surface area contributed by atoms with Crippen molar-refractivity contribution >= 4 is 5.65 Å². The van der Waals surface area contributed by atoms with Crippen molar-refractivity contribution in [1.82, 2.24) is 14.6 Å². The van der Waals surface area contributed by atoms with E-state index in [0.717, 1.165) is 33.8 Å². The molecule has 26 heavy (non-hydrogen) atoms. The fourth-order valence-corrected chi connectivity index (χ4v) is 3.20. The minimum absolute atomic E-state index is 0.108. The number of H-pyrrole nitrogens is 1. The van der Waals surface area contributed by atoms with Gasteiger partial charge in [0.25, 0.3) is 5.56 Å². The van der Waals surface area contributed by atoms with Gasteiger partial charge in [-0.05, 0) is 30.2 Å². The quantitative estimate of drug-likeness (QED) is 0.615. The molecule has 0 saturated carbocycles. The molecular weight excluding hydrogens is 326 g/mol. The Bertz CT molecular complexity index is 1110. The molecule has 130 valence electrons. The number of ether oxygens (including phenoxy) is 1. The average Bonchev–Trinajstić information content (AvgIpc) is 2.99. The Balaban J connectivity index is 1.85. The fraction of sp³-hybridized carbons (Fsp3) is 0.143. The van der Waals surface area contributed by atoms with Gasteiger partial charge in [-0.3, -0.25) is 9.89 Å². The number of benzene rings is 2. The normalized spacial score (nSPS) is 11.0. The van der Waals surface area contributed by atoms with Gasteiger partial charge < -0.3 is 4.74 Å². The van der Waals surface area contributed by atoms with Crippen LogP contribution in [0.25, 0.3) is 16.8 Å². The van der Waals surface area contributed by atoms with E-state index in [0.29, 0.717) is 12.1 Å². The molecule has 5 heteroatoms. The highest BCUT2D eigenvalue weighted by Crippen LogP contribution is 2.28. The highest BCUT2D eigenvalue weighted by molar-refractivity contribution is 5.80. The second-order valence-electron chi connectivity index (χ2n) is 6.25. The number of nitrogens with zero attached hydrogens (tertiary/aromatic N) is 2. The van der Waals surface area contributed by atoms with Crippen LogP contribution in [0.3, 0.4) is 0 Å². The SMILES string of the molecule is COc1ccc(-c2c(C)[nH]n3c(=O)cc(Cc4ccccc4)nc23)cc1. The van der Waals surface area contributed by atoms with Gasteiger partial charge in [-0.1, -0.05) is 42.5 Å². The summed E-state index contributed by atoms with van der Waals surface area (Å²) < 4.78 is 6.73. The second kappa shape index (κ2) is 6.52. The maximum Gasteiger partial charge on any atom is 0.272 e. The summed E-state index contributed by atoms with van der Waals surface area (Å²) in [7, 11) is 1.64. The number of aromatic amines is 1. The first kappa shape index (κ1) is 16.1. The summed E-state index contributed by atoms with van der Waals surface area (Å²) in [6.45, 7) is 1.95. The number of hydrogen-bond donors (Lipinski definition) is 1. The Kier molecular flexibility index (Phi) is 4.05. The van der Waals surface area contributed by atoms with Gasteiger partial charge in [0.05, 0.1) is 12.8 Å². The van der Waals surface area contributed by atoms with Gasteiger partial charge in [0.2, 0.25) is 0 Å². The van der Waals surface area contributed by atoms with Crippen LogP contribution in [0.5, 0.6) is 5.75 Å². The van der Waals surface area contributed by atoms with E-state index >= 15 is 0 Å². The Morgan fingerprint density at radius 1 is 1.08 bits per heavy atom. The third-order valence-corrected chi connectivity index (χ3v) is 4.46. The Labute approximate surface area is 150 Å². The molecule has 0 bridgehead atoms. The molecule has 0 aliphatic carbocycles. The molecule has 2 aromatic heterocycles. The van der Waals surface area contributed by atoms with Crippen molar-refractivity contribution in [1.29, 1.82) is 0 Å². The van der Waals surface area contributed by atoms with Crippen molar-refractivity contribution in [3.05, 3.63) is 88.0 Å². The molecular formula is C21H19N3O2. The molecule has 0 amide bonds. The summed E-state index contributed by atoms with van der Waals surface area (Å²) in [5, 5.41) is 3.12. The fourth-order valence-electron chi connectivity index (χ4n) is 3.20. The van der Waals surface area contributed by atoms with Crippen molar-refractivity contribution in [3.63, 3.8) is 0 Å². The third-order valence-electron chi connectivity index (χ3n) is 4.46. The van der Waals surface area contributed by atoms with Crippen LogP contribution >= 0.6 is 0 Å². The molecule has 2 heterocycles. The average molecular weight is 345 g/mol. The first-order valence-electron chi connectivity index (χ1n) is 8.45. The Morgan fingerprint density at radius 2 is 1.81 bits per heavy atom. The first-order chi connectivity index (χ1) is 12.7. The monoisotopic (exact) mass is 345 g/mol. The summed E-state index contributed by atoms with van der Waals surface area (Å²) in [5.41, 5.74) is 5.24. The lowest BCUT2D eigenvalue weighted by Gasteiger charge is -2.05. The maximum absolute atomic E-state index is 12.6. The Morgan fingerprint density at radius 3 is 2.50 bits per heavy atom. The van der Waals surface area contributed by atoms with E-state index in [9.17, 15) is 4.79 Å². The highest BCUT2D eigenvalue weighted by atomic mass is 16.5. The number of aryl methyl sites for hydroxylation is 1. The summed E-state index contributed by atoms with van der Waals surface area (Å²) in [6.07, 6.45) is 0.624. The molecule has 0 aliphatic rings. The van der Waals surface area contributed by atoms with Gasteiger partial charge in [-0.2, -0.15) is 0 Å². The summed E-state index contributed by atoms with van der Waals surface area (Å²) in [5.74, 6) is 0.793. The molecule has 2 aromatic carbocycles. The van der Waals surface area contributed by atoms with E-state index in [-0.39, 0.29) is 5.56 Å². The van der Waals surface area contributed by atoms with Gasteiger partial charge in [0, 0.05) is 23.7 Å². The van der Waals surface area contributed by atoms with Crippen LogP contribution in [0.4, 0.5) is 0 Å². The second-order valence-corrected chi connectivity index (χ2v) is 6.25. The van der Waals surface area contributed by atoms with Crippen LogP contribution in [-0.2, 0) is 6.42 Å². The largest absolute Gasteiger partial charge is 0.497 e. The molecule has 0 radical (unpaired) electrons. The van der Waals surface area contributed by atoms with Gasteiger partial charge in [-0.15, -0.1) is 0 Å². The molecule has 4 rings (SSSR count). The number of fused-ring (bicyclic) bond motifs is 1. The first-order valence-corrected chi connectivity index (χ1v) is 8.45. The summed E-state index contributed by atoms with van der Waals surface area (Å²) in [4.78, 5) is 17.3. The molecule has 4 aromatic rings. The van der Waals surface area contributed by atoms with E-state index in [4.69, 9.17) is 9.72 Å². The van der Waals surface area contributed by atoms with E-state index in [1.54, 1.807) is 13.2 Å². The zero-order valence-corrected chi connectivity index (χ0v) is 14.7. The topological polar surface area (TPSA) is 59.4 Å². The molecule has 0 fully saturated rings. The van der Waals surface area contributed by atoms with Crippen LogP contribution in [0.2, 0.25) is 0 Å². The summed E-state index contributed by atoms with van der Waals surface area (Å²) in [6, 6.07) is 19.4. The minimum atomic E-state index is -0.108.